The molecule has 2 aliphatic heterocycles. The second-order valence-electron chi connectivity index (χ2n) is 9.58. The Morgan fingerprint density at radius 3 is 2.65 bits per heavy atom. The SMILES string of the molecule is COCc1ncc(C2(Cl)CC(c3ccccc3O)=CC(F)=C2N2CCN(C)C2=O)cc1N1CCNCC1. The van der Waals surface area contributed by atoms with Crippen LogP contribution in [0.3, 0.4) is 0 Å². The number of aromatic nitrogens is 1. The summed E-state index contributed by atoms with van der Waals surface area (Å²) in [5, 5.41) is 13.9. The van der Waals surface area contributed by atoms with Crippen molar-refractivity contribution >= 4 is 28.9 Å². The zero-order chi connectivity index (χ0) is 26.2. The Morgan fingerprint density at radius 1 is 1.22 bits per heavy atom. The number of allylic oxidation sites excluding steroid dienone is 4. The molecule has 1 atom stereocenters. The van der Waals surface area contributed by atoms with E-state index < -0.39 is 10.7 Å². The number of anilines is 1. The molecule has 0 radical (unpaired) electrons. The molecule has 2 amide bonds. The number of benzene rings is 1. The molecule has 10 heteroatoms. The number of pyridine rings is 1. The highest BCUT2D eigenvalue weighted by atomic mass is 35.5. The van der Waals surface area contributed by atoms with Gasteiger partial charge in [0.15, 0.2) is 0 Å². The van der Waals surface area contributed by atoms with Crippen LogP contribution in [0, 0.1) is 0 Å². The molecule has 2 saturated heterocycles. The molecule has 3 aliphatic rings. The van der Waals surface area contributed by atoms with Gasteiger partial charge in [0.2, 0.25) is 0 Å². The maximum atomic E-state index is 16.1. The van der Waals surface area contributed by atoms with E-state index in [9.17, 15) is 9.90 Å². The van der Waals surface area contributed by atoms with E-state index in [1.54, 1.807) is 49.5 Å². The fraction of sp³-hybridized carbons (Fsp3) is 0.407. The molecule has 1 aliphatic carbocycles. The van der Waals surface area contributed by atoms with Crippen molar-refractivity contribution in [2.24, 2.45) is 0 Å². The van der Waals surface area contributed by atoms with Crippen molar-refractivity contribution in [3.05, 3.63) is 70.9 Å². The van der Waals surface area contributed by atoms with E-state index in [2.05, 4.69) is 10.2 Å². The summed E-state index contributed by atoms with van der Waals surface area (Å²) in [6.07, 6.45) is 3.19. The lowest BCUT2D eigenvalue weighted by molar-refractivity contribution is 0.181. The lowest BCUT2D eigenvalue weighted by Crippen LogP contribution is -2.44. The normalized spacial score (nSPS) is 22.6. The number of aromatic hydroxyl groups is 1. The summed E-state index contributed by atoms with van der Waals surface area (Å²) in [5.74, 6) is -0.566. The number of carbonyl (C=O) groups excluding carboxylic acids is 1. The number of piperazine rings is 1. The van der Waals surface area contributed by atoms with Gasteiger partial charge in [0.1, 0.15) is 16.5 Å². The summed E-state index contributed by atoms with van der Waals surface area (Å²) in [4.78, 5) is 21.5. The first-order chi connectivity index (χ1) is 17.8. The van der Waals surface area contributed by atoms with E-state index >= 15 is 4.39 Å². The summed E-state index contributed by atoms with van der Waals surface area (Å²) < 4.78 is 21.5. The number of methoxy groups -OCH3 is 1. The topological polar surface area (TPSA) is 81.2 Å². The average Bonchev–Trinajstić information content (AvgIpc) is 3.22. The second kappa shape index (κ2) is 10.3. The number of urea groups is 1. The van der Waals surface area contributed by atoms with Crippen LogP contribution in [0.4, 0.5) is 14.9 Å². The number of para-hydroxylation sites is 1. The molecule has 196 valence electrons. The number of alkyl halides is 1. The van der Waals surface area contributed by atoms with Gasteiger partial charge in [-0.15, -0.1) is 11.6 Å². The van der Waals surface area contributed by atoms with E-state index in [1.807, 2.05) is 6.07 Å². The number of phenolic OH excluding ortho intramolecular Hbond substituents is 1. The molecule has 1 unspecified atom stereocenters. The van der Waals surface area contributed by atoms with Crippen molar-refractivity contribution in [1.29, 1.82) is 0 Å². The molecule has 8 nitrogen and oxygen atoms in total. The molecule has 2 aromatic rings. The van der Waals surface area contributed by atoms with Crippen LogP contribution in [0.5, 0.6) is 5.75 Å². The van der Waals surface area contributed by atoms with Gasteiger partial charge >= 0.3 is 6.03 Å². The molecule has 3 heterocycles. The van der Waals surface area contributed by atoms with Gasteiger partial charge in [-0.25, -0.2) is 9.18 Å². The number of ether oxygens (including phenoxy) is 1. The Bertz CT molecular complexity index is 1260. The van der Waals surface area contributed by atoms with E-state index in [0.717, 1.165) is 37.6 Å². The number of halogens is 2. The van der Waals surface area contributed by atoms with Crippen molar-refractivity contribution in [2.75, 3.05) is 58.3 Å². The minimum absolute atomic E-state index is 0.0380. The van der Waals surface area contributed by atoms with Gasteiger partial charge in [-0.2, -0.15) is 0 Å². The molecule has 5 rings (SSSR count). The molecule has 2 N–H and O–H groups in total. The van der Waals surface area contributed by atoms with Crippen LogP contribution in [0.2, 0.25) is 0 Å². The molecule has 37 heavy (non-hydrogen) atoms. The smallest absolute Gasteiger partial charge is 0.324 e. The maximum Gasteiger partial charge on any atom is 0.324 e. The fourth-order valence-corrected chi connectivity index (χ4v) is 5.73. The lowest BCUT2D eigenvalue weighted by atomic mass is 9.81. The Hall–Kier alpha value is -3.14. The minimum Gasteiger partial charge on any atom is -0.507 e. The first kappa shape index (κ1) is 25.5. The van der Waals surface area contributed by atoms with Crippen molar-refractivity contribution < 1.29 is 19.0 Å². The molecule has 0 saturated carbocycles. The van der Waals surface area contributed by atoms with Crippen molar-refractivity contribution in [3.63, 3.8) is 0 Å². The van der Waals surface area contributed by atoms with Gasteiger partial charge in [-0.3, -0.25) is 9.88 Å². The Balaban J connectivity index is 1.66. The number of hydrogen-bond donors (Lipinski definition) is 2. The van der Waals surface area contributed by atoms with Crippen LogP contribution in [0.15, 0.2) is 54.1 Å². The Kier molecular flexibility index (Phi) is 7.11. The van der Waals surface area contributed by atoms with Crippen molar-refractivity contribution in [2.45, 2.75) is 17.9 Å². The van der Waals surface area contributed by atoms with Gasteiger partial charge in [-0.05, 0) is 29.3 Å². The monoisotopic (exact) mass is 527 g/mol. The van der Waals surface area contributed by atoms with Crippen LogP contribution < -0.4 is 10.2 Å². The summed E-state index contributed by atoms with van der Waals surface area (Å²) >= 11 is 7.46. The van der Waals surface area contributed by atoms with E-state index in [0.29, 0.717) is 36.4 Å². The van der Waals surface area contributed by atoms with E-state index in [-0.39, 0.29) is 23.9 Å². The Labute approximate surface area is 221 Å². The molecular weight excluding hydrogens is 497 g/mol. The molecule has 1 aromatic carbocycles. The van der Waals surface area contributed by atoms with E-state index in [4.69, 9.17) is 21.3 Å². The highest BCUT2D eigenvalue weighted by molar-refractivity contribution is 6.27. The predicted molar refractivity (Wildman–Crippen MR) is 141 cm³/mol. The molecular formula is C27H31ClFN5O3. The van der Waals surface area contributed by atoms with Crippen LogP contribution in [0.1, 0.15) is 23.2 Å². The predicted octanol–water partition coefficient (Wildman–Crippen LogP) is 3.81. The number of hydrogen-bond acceptors (Lipinski definition) is 6. The largest absolute Gasteiger partial charge is 0.507 e. The molecule has 0 spiro atoms. The third kappa shape index (κ3) is 4.67. The molecule has 1 aromatic heterocycles. The van der Waals surface area contributed by atoms with Crippen LogP contribution in [-0.4, -0.2) is 79.3 Å². The van der Waals surface area contributed by atoms with Crippen LogP contribution >= 0.6 is 11.6 Å². The standard InChI is InChI=1S/C27H31ClFN5O3/c1-32-11-12-34(26(32)36)25-21(29)13-18(20-5-3-4-6-24(20)35)15-27(25,28)19-14-23(22(17-37-2)31-16-19)33-9-7-30-8-10-33/h3-6,13-14,16,30,35H,7-12,15,17H2,1-2H3. The van der Waals surface area contributed by atoms with Gasteiger partial charge in [0.25, 0.3) is 0 Å². The number of likely N-dealkylation sites (N-methyl/N-ethyl adjacent to an activating group) is 1. The summed E-state index contributed by atoms with van der Waals surface area (Å²) in [7, 11) is 3.31. The zero-order valence-corrected chi connectivity index (χ0v) is 21.8. The first-order valence-electron chi connectivity index (χ1n) is 12.4. The van der Waals surface area contributed by atoms with Gasteiger partial charge < -0.3 is 25.0 Å². The third-order valence-corrected chi connectivity index (χ3v) is 7.75. The summed E-state index contributed by atoms with van der Waals surface area (Å²) in [6.45, 7) is 4.35. The molecule has 2 fully saturated rings. The Morgan fingerprint density at radius 2 is 1.97 bits per heavy atom. The zero-order valence-electron chi connectivity index (χ0n) is 21.0. The van der Waals surface area contributed by atoms with Crippen LogP contribution in [-0.2, 0) is 16.2 Å². The average molecular weight is 528 g/mol. The molecule has 0 bridgehead atoms. The van der Waals surface area contributed by atoms with Crippen molar-refractivity contribution in [1.82, 2.24) is 20.1 Å². The van der Waals surface area contributed by atoms with Crippen molar-refractivity contribution in [3.8, 4) is 5.75 Å². The van der Waals surface area contributed by atoms with Crippen LogP contribution in [0.25, 0.3) is 5.57 Å². The highest BCUT2D eigenvalue weighted by Crippen LogP contribution is 2.52. The number of carbonyl (C=O) groups is 1. The second-order valence-corrected chi connectivity index (χ2v) is 10.2. The number of nitrogens with one attached hydrogen (secondary N) is 1. The van der Waals surface area contributed by atoms with Gasteiger partial charge in [0.05, 0.1) is 23.7 Å². The van der Waals surface area contributed by atoms with E-state index in [1.165, 1.54) is 11.0 Å². The quantitative estimate of drug-likeness (QED) is 0.556. The highest BCUT2D eigenvalue weighted by Gasteiger charge is 2.47. The fourth-order valence-electron chi connectivity index (χ4n) is 5.29. The van der Waals surface area contributed by atoms with Gasteiger partial charge in [0, 0.05) is 71.6 Å². The third-order valence-electron chi connectivity index (χ3n) is 7.22. The van der Waals surface area contributed by atoms with Gasteiger partial charge in [-0.1, -0.05) is 18.2 Å². The summed E-state index contributed by atoms with van der Waals surface area (Å²) in [6, 6.07) is 8.44. The first-order valence-corrected chi connectivity index (χ1v) is 12.8. The number of nitrogens with zero attached hydrogens (tertiary/aromatic N) is 4. The summed E-state index contributed by atoms with van der Waals surface area (Å²) in [5.41, 5.74) is 3.37. The number of amides is 2. The maximum absolute atomic E-state index is 16.1. The minimum atomic E-state index is -1.43. The number of rotatable bonds is 6. The lowest BCUT2D eigenvalue weighted by Gasteiger charge is -2.39. The number of phenols is 1.